The van der Waals surface area contributed by atoms with Crippen molar-refractivity contribution in [2.45, 2.75) is 20.3 Å². The predicted octanol–water partition coefficient (Wildman–Crippen LogP) is 1.82. The average molecular weight is 266 g/mol. The van der Waals surface area contributed by atoms with Gasteiger partial charge in [0.05, 0.1) is 7.11 Å². The fraction of sp³-hybridized carbons (Fsp3) is 0.364. The summed E-state index contributed by atoms with van der Waals surface area (Å²) in [5.74, 6) is -0.197. The van der Waals surface area contributed by atoms with Crippen LogP contribution < -0.4 is 0 Å². The molecule has 73 valence electrons. The molecular weight excluding hydrogens is 253 g/mol. The number of methoxy groups -OCH3 is 1. The fourth-order valence-corrected chi connectivity index (χ4v) is 1.27. The Morgan fingerprint density at radius 2 is 1.86 bits per heavy atom. The van der Waals surface area contributed by atoms with E-state index in [1.165, 1.54) is 7.11 Å². The van der Waals surface area contributed by atoms with Crippen LogP contribution in [0.1, 0.15) is 16.7 Å². The van der Waals surface area contributed by atoms with Gasteiger partial charge in [0.2, 0.25) is 0 Å². The van der Waals surface area contributed by atoms with E-state index >= 15 is 0 Å². The number of carbonyl (C=O) groups is 1. The second-order valence-corrected chi connectivity index (χ2v) is 3.05. The molecule has 0 aliphatic rings. The van der Waals surface area contributed by atoms with E-state index in [-0.39, 0.29) is 38.7 Å². The van der Waals surface area contributed by atoms with E-state index in [0.29, 0.717) is 6.42 Å². The quantitative estimate of drug-likeness (QED) is 0.603. The topological polar surface area (TPSA) is 26.3 Å². The van der Waals surface area contributed by atoms with E-state index in [0.717, 1.165) is 16.7 Å². The van der Waals surface area contributed by atoms with Crippen molar-refractivity contribution in [1.29, 1.82) is 0 Å². The third kappa shape index (κ3) is 3.51. The minimum Gasteiger partial charge on any atom is -0.469 e. The van der Waals surface area contributed by atoms with Gasteiger partial charge in [-0.3, -0.25) is 4.79 Å². The number of carbonyl (C=O) groups excluding carboxylic acids is 1. The van der Waals surface area contributed by atoms with Gasteiger partial charge in [-0.1, -0.05) is 13.8 Å². The third-order valence-electron chi connectivity index (χ3n) is 2.10. The number of rotatable bonds is 2. The Labute approximate surface area is 110 Å². The molecule has 0 saturated heterocycles. The van der Waals surface area contributed by atoms with Crippen molar-refractivity contribution in [1.82, 2.24) is 0 Å². The number of esters is 1. The molecule has 0 atom stereocenters. The smallest absolute Gasteiger partial charge is 0.307 e. The van der Waals surface area contributed by atoms with Crippen LogP contribution in [-0.2, 0) is 48.7 Å². The number of ether oxygens (including phenoxy) is 1. The zero-order valence-electron chi connectivity index (χ0n) is 8.76. The van der Waals surface area contributed by atoms with Gasteiger partial charge >= 0.3 is 5.97 Å². The summed E-state index contributed by atoms with van der Waals surface area (Å²) >= 11 is 0. The van der Waals surface area contributed by atoms with Crippen LogP contribution in [0.25, 0.3) is 0 Å². The second kappa shape index (κ2) is 6.31. The maximum atomic E-state index is 11.1. The van der Waals surface area contributed by atoms with Crippen molar-refractivity contribution >= 4 is 5.97 Å². The van der Waals surface area contributed by atoms with Crippen LogP contribution in [0.15, 0.2) is 12.1 Å². The minimum atomic E-state index is -0.197. The van der Waals surface area contributed by atoms with Crippen molar-refractivity contribution in [3.8, 4) is 0 Å². The molecule has 1 radical (unpaired) electrons. The standard InChI is InChI=1S/C11H13O2.Y/c1-8-5-4-6-9(2)10(8)7-11(12)13-3;/h5-6H,7H2,1-3H3;/q-1;. The van der Waals surface area contributed by atoms with Crippen molar-refractivity contribution in [2.24, 2.45) is 0 Å². The Kier molecular flexibility index (Phi) is 6.22. The maximum absolute atomic E-state index is 11.1. The average Bonchev–Trinajstić information content (AvgIpc) is 2.11. The Balaban J connectivity index is 0.00000169. The fourth-order valence-electron chi connectivity index (χ4n) is 1.27. The molecule has 1 aromatic carbocycles. The molecule has 0 amide bonds. The third-order valence-corrected chi connectivity index (χ3v) is 2.10. The number of hydrogen-bond donors (Lipinski definition) is 0. The van der Waals surface area contributed by atoms with Crippen LogP contribution in [0, 0.1) is 19.9 Å². The summed E-state index contributed by atoms with van der Waals surface area (Å²) in [6, 6.07) is 6.77. The maximum Gasteiger partial charge on any atom is 0.307 e. The number of benzene rings is 1. The zero-order valence-corrected chi connectivity index (χ0v) is 11.6. The molecule has 0 aliphatic heterocycles. The van der Waals surface area contributed by atoms with Crippen LogP contribution >= 0.6 is 0 Å². The zero-order chi connectivity index (χ0) is 9.84. The van der Waals surface area contributed by atoms with Gasteiger partial charge in [0.15, 0.2) is 0 Å². The molecule has 0 heterocycles. The Hall–Kier alpha value is -0.206. The van der Waals surface area contributed by atoms with Crippen LogP contribution in [0.3, 0.4) is 0 Å². The number of hydrogen-bond acceptors (Lipinski definition) is 2. The van der Waals surface area contributed by atoms with Crippen molar-refractivity contribution in [3.05, 3.63) is 34.9 Å². The summed E-state index contributed by atoms with van der Waals surface area (Å²) in [5, 5.41) is 0. The van der Waals surface area contributed by atoms with Gasteiger partial charge in [0, 0.05) is 39.1 Å². The van der Waals surface area contributed by atoms with Crippen LogP contribution in [0.5, 0.6) is 0 Å². The molecule has 0 spiro atoms. The first-order chi connectivity index (χ1) is 6.15. The summed E-state index contributed by atoms with van der Waals surface area (Å²) in [7, 11) is 1.40. The summed E-state index contributed by atoms with van der Waals surface area (Å²) < 4.78 is 4.61. The molecule has 0 bridgehead atoms. The van der Waals surface area contributed by atoms with Crippen LogP contribution in [0.4, 0.5) is 0 Å². The van der Waals surface area contributed by atoms with Gasteiger partial charge in [0.1, 0.15) is 0 Å². The molecular formula is C11H13O2Y-. The summed E-state index contributed by atoms with van der Waals surface area (Å²) in [4.78, 5) is 11.1. The van der Waals surface area contributed by atoms with Crippen molar-refractivity contribution in [2.75, 3.05) is 7.11 Å². The SMILES string of the molecule is COC(=O)Cc1c(C)c[c-]cc1C.[Y]. The van der Waals surface area contributed by atoms with Gasteiger partial charge in [-0.25, -0.2) is 0 Å². The van der Waals surface area contributed by atoms with Crippen molar-refractivity contribution < 1.29 is 42.2 Å². The predicted molar refractivity (Wildman–Crippen MR) is 50.5 cm³/mol. The molecule has 2 nitrogen and oxygen atoms in total. The van der Waals surface area contributed by atoms with E-state index < -0.39 is 0 Å². The van der Waals surface area contributed by atoms with E-state index in [2.05, 4.69) is 10.8 Å². The van der Waals surface area contributed by atoms with Gasteiger partial charge in [-0.05, 0) is 0 Å². The van der Waals surface area contributed by atoms with E-state index in [1.54, 1.807) is 0 Å². The van der Waals surface area contributed by atoms with E-state index in [1.807, 2.05) is 26.0 Å². The molecule has 14 heavy (non-hydrogen) atoms. The van der Waals surface area contributed by atoms with Crippen molar-refractivity contribution in [3.63, 3.8) is 0 Å². The first kappa shape index (κ1) is 13.8. The summed E-state index contributed by atoms with van der Waals surface area (Å²) in [5.41, 5.74) is 3.22. The molecule has 3 heteroatoms. The Bertz CT molecular complexity index is 301. The minimum absolute atomic E-state index is 0. The van der Waals surface area contributed by atoms with Crippen LogP contribution in [0.2, 0.25) is 0 Å². The Morgan fingerprint density at radius 3 is 2.29 bits per heavy atom. The van der Waals surface area contributed by atoms with E-state index in [9.17, 15) is 4.79 Å². The normalized spacial score (nSPS) is 9.07. The molecule has 0 saturated carbocycles. The monoisotopic (exact) mass is 266 g/mol. The second-order valence-electron chi connectivity index (χ2n) is 3.05. The molecule has 0 unspecified atom stereocenters. The van der Waals surface area contributed by atoms with Gasteiger partial charge < -0.3 is 4.74 Å². The number of aryl methyl sites for hydroxylation is 2. The molecule has 1 aromatic rings. The first-order valence-corrected chi connectivity index (χ1v) is 4.18. The summed E-state index contributed by atoms with van der Waals surface area (Å²) in [6.07, 6.45) is 0.350. The molecule has 0 aromatic heterocycles. The van der Waals surface area contributed by atoms with E-state index in [4.69, 9.17) is 0 Å². The summed E-state index contributed by atoms with van der Waals surface area (Å²) in [6.45, 7) is 3.95. The first-order valence-electron chi connectivity index (χ1n) is 4.18. The molecule has 0 N–H and O–H groups in total. The van der Waals surface area contributed by atoms with Gasteiger partial charge in [-0.2, -0.15) is 29.3 Å². The van der Waals surface area contributed by atoms with Gasteiger partial charge in [0.25, 0.3) is 0 Å². The molecule has 0 aliphatic carbocycles. The largest absolute Gasteiger partial charge is 0.469 e. The Morgan fingerprint density at radius 1 is 1.36 bits per heavy atom. The van der Waals surface area contributed by atoms with Crippen LogP contribution in [-0.4, -0.2) is 13.1 Å². The van der Waals surface area contributed by atoms with Gasteiger partial charge in [-0.15, -0.1) is 5.56 Å². The molecule has 0 fully saturated rings. The molecule has 1 rings (SSSR count).